The Morgan fingerprint density at radius 3 is 2.47 bits per heavy atom. The second-order valence-electron chi connectivity index (χ2n) is 4.56. The maximum Gasteiger partial charge on any atom is 0.129 e. The molecule has 78 valence electrons. The lowest BCUT2D eigenvalue weighted by molar-refractivity contribution is 1.41. The molecule has 0 amide bonds. The van der Waals surface area contributed by atoms with Gasteiger partial charge in [-0.15, -0.1) is 5.54 Å². The fourth-order valence-corrected chi connectivity index (χ4v) is 1.56. The molecule has 1 rings (SSSR count). The second-order valence-corrected chi connectivity index (χ2v) is 9.31. The number of benzene rings is 1. The quantitative estimate of drug-likeness (QED) is 0.386. The fourth-order valence-electron chi connectivity index (χ4n) is 1.06. The average molecular weight is 215 g/mol. The third-order valence-electron chi connectivity index (χ3n) is 1.83. The van der Waals surface area contributed by atoms with Gasteiger partial charge in [0.15, 0.2) is 0 Å². The number of hydrogen-bond acceptors (Lipinski definition) is 1. The highest BCUT2D eigenvalue weighted by atomic mass is 28.3. The summed E-state index contributed by atoms with van der Waals surface area (Å²) in [6.07, 6.45) is 1.71. The van der Waals surface area contributed by atoms with Crippen molar-refractivity contribution in [2.24, 2.45) is 4.99 Å². The largest absolute Gasteiger partial charge is 0.248 e. The van der Waals surface area contributed by atoms with Gasteiger partial charge in [-0.25, -0.2) is 4.99 Å². The Hall–Kier alpha value is -1.33. The van der Waals surface area contributed by atoms with Gasteiger partial charge in [-0.05, 0) is 18.6 Å². The molecule has 0 heterocycles. The Morgan fingerprint density at radius 1 is 1.20 bits per heavy atom. The van der Waals surface area contributed by atoms with E-state index in [0.29, 0.717) is 0 Å². The van der Waals surface area contributed by atoms with Gasteiger partial charge in [0.2, 0.25) is 0 Å². The molecule has 0 fully saturated rings. The summed E-state index contributed by atoms with van der Waals surface area (Å²) in [7, 11) is -1.26. The smallest absolute Gasteiger partial charge is 0.129 e. The van der Waals surface area contributed by atoms with Crippen molar-refractivity contribution in [1.29, 1.82) is 0 Å². The van der Waals surface area contributed by atoms with Crippen molar-refractivity contribution < 1.29 is 0 Å². The number of rotatable bonds is 1. The van der Waals surface area contributed by atoms with Crippen LogP contribution < -0.4 is 0 Å². The molecule has 1 nitrogen and oxygen atoms in total. The van der Waals surface area contributed by atoms with E-state index in [0.717, 1.165) is 5.69 Å². The molecule has 1 aromatic carbocycles. The summed E-state index contributed by atoms with van der Waals surface area (Å²) >= 11 is 0. The lowest BCUT2D eigenvalue weighted by Gasteiger charge is -2.02. The van der Waals surface area contributed by atoms with E-state index in [2.05, 4.69) is 49.1 Å². The van der Waals surface area contributed by atoms with E-state index in [-0.39, 0.29) is 0 Å². The van der Waals surface area contributed by atoms with E-state index in [1.807, 2.05) is 18.2 Å². The number of hydrogen-bond donors (Lipinski definition) is 0. The Bertz CT molecular complexity index is 416. The lowest BCUT2D eigenvalue weighted by Crippen LogP contribution is -2.16. The molecule has 0 N–H and O–H groups in total. The zero-order valence-electron chi connectivity index (χ0n) is 9.83. The van der Waals surface area contributed by atoms with Crippen molar-refractivity contribution in [3.05, 3.63) is 29.8 Å². The number of para-hydroxylation sites is 1. The van der Waals surface area contributed by atoms with Crippen LogP contribution in [0, 0.1) is 18.4 Å². The molecule has 15 heavy (non-hydrogen) atoms. The average Bonchev–Trinajstić information content (AvgIpc) is 2.13. The van der Waals surface area contributed by atoms with Crippen molar-refractivity contribution in [1.82, 2.24) is 0 Å². The fraction of sp³-hybridized carbons (Fsp3) is 0.308. The van der Waals surface area contributed by atoms with Gasteiger partial charge in [0, 0.05) is 0 Å². The molecule has 0 spiro atoms. The first-order chi connectivity index (χ1) is 6.99. The molecule has 0 bridgehead atoms. The van der Waals surface area contributed by atoms with Crippen LogP contribution in [0.5, 0.6) is 0 Å². The van der Waals surface area contributed by atoms with Gasteiger partial charge >= 0.3 is 0 Å². The predicted molar refractivity (Wildman–Crippen MR) is 70.5 cm³/mol. The Kier molecular flexibility index (Phi) is 3.87. The van der Waals surface area contributed by atoms with Crippen molar-refractivity contribution in [3.8, 4) is 11.5 Å². The first-order valence-corrected chi connectivity index (χ1v) is 8.60. The molecule has 0 aliphatic carbocycles. The van der Waals surface area contributed by atoms with Crippen LogP contribution in [0.1, 0.15) is 5.56 Å². The third kappa shape index (κ3) is 4.62. The first kappa shape index (κ1) is 11.7. The van der Waals surface area contributed by atoms with Crippen LogP contribution in [0.25, 0.3) is 0 Å². The molecule has 0 saturated heterocycles. The minimum absolute atomic E-state index is 1.00. The van der Waals surface area contributed by atoms with E-state index in [4.69, 9.17) is 0 Å². The Labute approximate surface area is 93.3 Å². The molecule has 0 aliphatic rings. The lowest BCUT2D eigenvalue weighted by atomic mass is 10.2. The van der Waals surface area contributed by atoms with E-state index in [9.17, 15) is 0 Å². The van der Waals surface area contributed by atoms with Crippen LogP contribution in [0.2, 0.25) is 19.6 Å². The highest BCUT2D eigenvalue weighted by Gasteiger charge is 2.06. The monoisotopic (exact) mass is 215 g/mol. The first-order valence-electron chi connectivity index (χ1n) is 5.10. The van der Waals surface area contributed by atoms with Crippen molar-refractivity contribution in [2.45, 2.75) is 26.6 Å². The van der Waals surface area contributed by atoms with Crippen molar-refractivity contribution in [3.63, 3.8) is 0 Å². The van der Waals surface area contributed by atoms with E-state index < -0.39 is 8.07 Å². The molecule has 0 saturated carbocycles. The van der Waals surface area contributed by atoms with Crippen LogP contribution in [0.3, 0.4) is 0 Å². The van der Waals surface area contributed by atoms with Gasteiger partial charge in [-0.1, -0.05) is 43.8 Å². The Morgan fingerprint density at radius 2 is 1.87 bits per heavy atom. The van der Waals surface area contributed by atoms with Gasteiger partial charge in [0.1, 0.15) is 8.07 Å². The topological polar surface area (TPSA) is 12.4 Å². The minimum atomic E-state index is -1.26. The zero-order valence-corrected chi connectivity index (χ0v) is 10.8. The van der Waals surface area contributed by atoms with Gasteiger partial charge in [0.25, 0.3) is 0 Å². The maximum absolute atomic E-state index is 4.33. The molecule has 0 radical (unpaired) electrons. The van der Waals surface area contributed by atoms with Crippen LogP contribution >= 0.6 is 0 Å². The molecule has 0 unspecified atom stereocenters. The van der Waals surface area contributed by atoms with Crippen LogP contribution in [-0.2, 0) is 0 Å². The highest BCUT2D eigenvalue weighted by Crippen LogP contribution is 2.15. The summed E-state index contributed by atoms with van der Waals surface area (Å²) in [5.41, 5.74) is 5.44. The summed E-state index contributed by atoms with van der Waals surface area (Å²) in [5.74, 6) is 3.02. The molecular formula is C13H17NSi. The highest BCUT2D eigenvalue weighted by molar-refractivity contribution is 6.84. The molecule has 0 aromatic heterocycles. The van der Waals surface area contributed by atoms with Gasteiger partial charge in [-0.3, -0.25) is 0 Å². The van der Waals surface area contributed by atoms with E-state index >= 15 is 0 Å². The summed E-state index contributed by atoms with van der Waals surface area (Å²) < 4.78 is 0. The second kappa shape index (κ2) is 4.95. The predicted octanol–water partition coefficient (Wildman–Crippen LogP) is 3.58. The third-order valence-corrected chi connectivity index (χ3v) is 2.73. The minimum Gasteiger partial charge on any atom is -0.248 e. The number of aliphatic imine (C=N–C) groups is 1. The molecule has 0 atom stereocenters. The van der Waals surface area contributed by atoms with E-state index in [1.165, 1.54) is 5.56 Å². The zero-order chi connectivity index (χ0) is 11.3. The Balaban J connectivity index is 2.74. The van der Waals surface area contributed by atoms with Gasteiger partial charge < -0.3 is 0 Å². The van der Waals surface area contributed by atoms with Crippen LogP contribution in [0.15, 0.2) is 29.3 Å². The normalized spacial score (nSPS) is 11.2. The molecule has 1 aromatic rings. The SMILES string of the molecule is Cc1ccccc1N=CC#C[Si](C)(C)C. The number of aryl methyl sites for hydroxylation is 1. The summed E-state index contributed by atoms with van der Waals surface area (Å²) in [6.45, 7) is 8.73. The van der Waals surface area contributed by atoms with Crippen LogP contribution in [0.4, 0.5) is 5.69 Å². The van der Waals surface area contributed by atoms with Crippen molar-refractivity contribution in [2.75, 3.05) is 0 Å². The molecule has 2 heteroatoms. The number of nitrogens with zero attached hydrogens (tertiary/aromatic N) is 1. The molecular weight excluding hydrogens is 198 g/mol. The maximum atomic E-state index is 4.33. The molecule has 0 aliphatic heterocycles. The van der Waals surface area contributed by atoms with Gasteiger partial charge in [0.05, 0.1) is 11.9 Å². The van der Waals surface area contributed by atoms with Crippen molar-refractivity contribution >= 4 is 20.0 Å². The summed E-state index contributed by atoms with van der Waals surface area (Å²) in [6, 6.07) is 8.06. The van der Waals surface area contributed by atoms with Gasteiger partial charge in [-0.2, -0.15) is 0 Å². The van der Waals surface area contributed by atoms with E-state index in [1.54, 1.807) is 6.21 Å². The summed E-state index contributed by atoms with van der Waals surface area (Å²) in [4.78, 5) is 4.33. The standard InChI is InChI=1S/C13H17NSi/c1-12-8-5-6-9-13(12)14-10-7-11-15(2,3)4/h5-6,8-10H,1-4H3. The van der Waals surface area contributed by atoms with Crippen LogP contribution in [-0.4, -0.2) is 14.3 Å². The summed E-state index contributed by atoms with van der Waals surface area (Å²) in [5, 5.41) is 0.